The third-order valence-electron chi connectivity index (χ3n) is 3.32. The molecule has 0 unspecified atom stereocenters. The molecule has 2 aromatic heterocycles. The minimum atomic E-state index is 0.383. The zero-order valence-electron chi connectivity index (χ0n) is 11.8. The largest absolute Gasteiger partial charge is 0.373 e. The summed E-state index contributed by atoms with van der Waals surface area (Å²) < 4.78 is 1.27. The average molecular weight is 283 g/mol. The molecule has 102 valence electrons. The normalized spacial score (nSPS) is 11.2. The zero-order valence-corrected chi connectivity index (χ0v) is 12.7. The van der Waals surface area contributed by atoms with Gasteiger partial charge in [0.2, 0.25) is 0 Å². The quantitative estimate of drug-likeness (QED) is 0.767. The van der Waals surface area contributed by atoms with E-state index in [4.69, 9.17) is 4.98 Å². The Morgan fingerprint density at radius 2 is 1.95 bits per heavy atom. The number of aromatic nitrogens is 2. The Kier molecular flexibility index (Phi) is 3.40. The first-order chi connectivity index (χ1) is 9.69. The van der Waals surface area contributed by atoms with Gasteiger partial charge in [-0.2, -0.15) is 0 Å². The lowest BCUT2D eigenvalue weighted by Crippen LogP contribution is -2.01. The van der Waals surface area contributed by atoms with Gasteiger partial charge in [0.05, 0.1) is 0 Å². The van der Waals surface area contributed by atoms with Gasteiger partial charge in [0.25, 0.3) is 0 Å². The van der Waals surface area contributed by atoms with Gasteiger partial charge in [-0.1, -0.05) is 32.0 Å². The number of fused-ring (bicyclic) bond motifs is 1. The number of nitrogens with one attached hydrogen (secondary N) is 1. The maximum Gasteiger partial charge on any atom is 0.163 e. The monoisotopic (exact) mass is 283 g/mol. The molecule has 1 N–H and O–H groups in total. The minimum absolute atomic E-state index is 0.383. The Bertz CT molecular complexity index is 746. The van der Waals surface area contributed by atoms with Crippen molar-refractivity contribution in [2.75, 3.05) is 12.4 Å². The smallest absolute Gasteiger partial charge is 0.163 e. The molecule has 0 amide bonds. The van der Waals surface area contributed by atoms with Gasteiger partial charge in [-0.25, -0.2) is 9.97 Å². The first-order valence-electron chi connectivity index (χ1n) is 6.72. The fraction of sp³-hybridized carbons (Fsp3) is 0.250. The van der Waals surface area contributed by atoms with Crippen LogP contribution in [0.1, 0.15) is 25.5 Å². The standard InChI is InChI=1S/C16H17N3S/c1-10(2)13-8-15(17-3)19-16(18-13)12-9-20-14-7-5-4-6-11(12)14/h4-10H,1-3H3,(H,17,18,19). The SMILES string of the molecule is CNc1cc(C(C)C)nc(-c2csc3ccccc23)n1. The third kappa shape index (κ3) is 2.27. The van der Waals surface area contributed by atoms with E-state index in [1.165, 1.54) is 10.1 Å². The van der Waals surface area contributed by atoms with Crippen LogP contribution in [0.15, 0.2) is 35.7 Å². The lowest BCUT2D eigenvalue weighted by molar-refractivity contribution is 0.818. The van der Waals surface area contributed by atoms with E-state index in [0.717, 1.165) is 22.9 Å². The van der Waals surface area contributed by atoms with E-state index in [2.05, 4.69) is 53.8 Å². The number of benzene rings is 1. The lowest BCUT2D eigenvalue weighted by Gasteiger charge is -2.09. The van der Waals surface area contributed by atoms with Crippen molar-refractivity contribution in [3.63, 3.8) is 0 Å². The Labute approximate surface area is 122 Å². The topological polar surface area (TPSA) is 37.8 Å². The number of hydrogen-bond donors (Lipinski definition) is 1. The third-order valence-corrected chi connectivity index (χ3v) is 4.28. The predicted molar refractivity (Wildman–Crippen MR) is 86.5 cm³/mol. The molecule has 0 aliphatic rings. The molecule has 4 heteroatoms. The first kappa shape index (κ1) is 13.1. The molecule has 1 aromatic carbocycles. The predicted octanol–water partition coefficient (Wildman–Crippen LogP) is 4.52. The van der Waals surface area contributed by atoms with Crippen LogP contribution in [0, 0.1) is 0 Å². The number of hydrogen-bond acceptors (Lipinski definition) is 4. The van der Waals surface area contributed by atoms with Crippen LogP contribution in [-0.4, -0.2) is 17.0 Å². The Hall–Kier alpha value is -1.94. The summed E-state index contributed by atoms with van der Waals surface area (Å²) in [5.74, 6) is 2.06. The highest BCUT2D eigenvalue weighted by molar-refractivity contribution is 7.17. The van der Waals surface area contributed by atoms with E-state index < -0.39 is 0 Å². The fourth-order valence-corrected chi connectivity index (χ4v) is 3.10. The van der Waals surface area contributed by atoms with Gasteiger partial charge in [0.15, 0.2) is 5.82 Å². The van der Waals surface area contributed by atoms with Gasteiger partial charge in [-0.3, -0.25) is 0 Å². The number of anilines is 1. The van der Waals surface area contributed by atoms with Crippen molar-refractivity contribution in [2.24, 2.45) is 0 Å². The highest BCUT2D eigenvalue weighted by atomic mass is 32.1. The van der Waals surface area contributed by atoms with Gasteiger partial charge >= 0.3 is 0 Å². The molecule has 0 aliphatic heterocycles. The highest BCUT2D eigenvalue weighted by Crippen LogP contribution is 2.33. The van der Waals surface area contributed by atoms with Gasteiger partial charge in [-0.15, -0.1) is 11.3 Å². The van der Waals surface area contributed by atoms with Crippen molar-refractivity contribution >= 4 is 27.2 Å². The van der Waals surface area contributed by atoms with Crippen LogP contribution in [-0.2, 0) is 0 Å². The van der Waals surface area contributed by atoms with Crippen LogP contribution in [0.25, 0.3) is 21.5 Å². The van der Waals surface area contributed by atoms with Crippen LogP contribution in [0.4, 0.5) is 5.82 Å². The molecule has 0 fully saturated rings. The van der Waals surface area contributed by atoms with Gasteiger partial charge < -0.3 is 5.32 Å². The molecule has 3 nitrogen and oxygen atoms in total. The zero-order chi connectivity index (χ0) is 14.1. The summed E-state index contributed by atoms with van der Waals surface area (Å²) in [6, 6.07) is 10.4. The fourth-order valence-electron chi connectivity index (χ4n) is 2.16. The molecule has 0 radical (unpaired) electrons. The van der Waals surface area contributed by atoms with E-state index in [0.29, 0.717) is 5.92 Å². The first-order valence-corrected chi connectivity index (χ1v) is 7.60. The maximum absolute atomic E-state index is 4.73. The van der Waals surface area contributed by atoms with Crippen LogP contribution in [0.3, 0.4) is 0 Å². The summed E-state index contributed by atoms with van der Waals surface area (Å²) in [6.45, 7) is 4.30. The average Bonchev–Trinajstić information content (AvgIpc) is 2.90. The molecule has 0 saturated carbocycles. The molecular weight excluding hydrogens is 266 g/mol. The second-order valence-electron chi connectivity index (χ2n) is 5.05. The van der Waals surface area contributed by atoms with E-state index in [-0.39, 0.29) is 0 Å². The molecule has 3 aromatic rings. The van der Waals surface area contributed by atoms with Crippen molar-refractivity contribution in [3.8, 4) is 11.4 Å². The Balaban J connectivity index is 2.20. The van der Waals surface area contributed by atoms with Crippen LogP contribution < -0.4 is 5.32 Å². The Morgan fingerprint density at radius 1 is 1.15 bits per heavy atom. The lowest BCUT2D eigenvalue weighted by atomic mass is 10.1. The molecular formula is C16H17N3S. The van der Waals surface area contributed by atoms with E-state index in [9.17, 15) is 0 Å². The molecule has 0 aliphatic carbocycles. The molecule has 0 saturated heterocycles. The number of thiophene rings is 1. The highest BCUT2D eigenvalue weighted by Gasteiger charge is 2.12. The van der Waals surface area contributed by atoms with E-state index in [1.54, 1.807) is 11.3 Å². The maximum atomic E-state index is 4.73. The van der Waals surface area contributed by atoms with Crippen molar-refractivity contribution in [1.29, 1.82) is 0 Å². The molecule has 0 bridgehead atoms. The summed E-state index contributed by atoms with van der Waals surface area (Å²) in [7, 11) is 1.89. The second-order valence-corrected chi connectivity index (χ2v) is 5.96. The van der Waals surface area contributed by atoms with Crippen molar-refractivity contribution in [2.45, 2.75) is 19.8 Å². The van der Waals surface area contributed by atoms with E-state index in [1.807, 2.05) is 13.1 Å². The van der Waals surface area contributed by atoms with E-state index >= 15 is 0 Å². The van der Waals surface area contributed by atoms with Crippen molar-refractivity contribution < 1.29 is 0 Å². The second kappa shape index (κ2) is 5.21. The van der Waals surface area contributed by atoms with Gasteiger partial charge in [-0.05, 0) is 12.0 Å². The van der Waals surface area contributed by atoms with Crippen LogP contribution in [0.5, 0.6) is 0 Å². The summed E-state index contributed by atoms with van der Waals surface area (Å²) >= 11 is 1.74. The molecule has 0 atom stereocenters. The van der Waals surface area contributed by atoms with Crippen molar-refractivity contribution in [1.82, 2.24) is 9.97 Å². The van der Waals surface area contributed by atoms with Crippen LogP contribution >= 0.6 is 11.3 Å². The number of nitrogens with zero attached hydrogens (tertiary/aromatic N) is 2. The van der Waals surface area contributed by atoms with Gasteiger partial charge in [0, 0.05) is 39.8 Å². The molecule has 0 spiro atoms. The summed E-state index contributed by atoms with van der Waals surface area (Å²) in [4.78, 5) is 9.34. The summed E-state index contributed by atoms with van der Waals surface area (Å²) in [5.41, 5.74) is 2.18. The number of rotatable bonds is 3. The molecule has 2 heterocycles. The van der Waals surface area contributed by atoms with Crippen molar-refractivity contribution in [3.05, 3.63) is 41.4 Å². The van der Waals surface area contributed by atoms with Gasteiger partial charge in [0.1, 0.15) is 5.82 Å². The van der Waals surface area contributed by atoms with Crippen LogP contribution in [0.2, 0.25) is 0 Å². The molecule has 20 heavy (non-hydrogen) atoms. The summed E-state index contributed by atoms with van der Waals surface area (Å²) in [6.07, 6.45) is 0. The molecule has 3 rings (SSSR count). The summed E-state index contributed by atoms with van der Waals surface area (Å²) in [5, 5.41) is 6.49. The Morgan fingerprint density at radius 3 is 2.70 bits per heavy atom. The minimum Gasteiger partial charge on any atom is -0.373 e.